The Morgan fingerprint density at radius 2 is 1.71 bits per heavy atom. The van der Waals surface area contributed by atoms with Gasteiger partial charge >= 0.3 is 6.03 Å². The number of nitrogens with one attached hydrogen (secondary N) is 1. The number of anilines is 1. The van der Waals surface area contributed by atoms with Crippen LogP contribution in [0.15, 0.2) is 12.1 Å². The first kappa shape index (κ1) is 25.1. The van der Waals surface area contributed by atoms with Crippen molar-refractivity contribution in [3.05, 3.63) is 12.1 Å². The van der Waals surface area contributed by atoms with Crippen molar-refractivity contribution >= 4 is 23.5 Å². The summed E-state index contributed by atoms with van der Waals surface area (Å²) >= 11 is 0. The summed E-state index contributed by atoms with van der Waals surface area (Å²) in [6.07, 6.45) is 5.88. The van der Waals surface area contributed by atoms with Crippen molar-refractivity contribution in [1.82, 2.24) is 15.1 Å². The predicted octanol–water partition coefficient (Wildman–Crippen LogP) is 2.25. The fraction of sp³-hybridized carbons (Fsp3) is 0.640. The van der Waals surface area contributed by atoms with Gasteiger partial charge in [0.25, 0.3) is 5.91 Å². The van der Waals surface area contributed by atoms with Crippen molar-refractivity contribution in [2.75, 3.05) is 52.9 Å². The number of rotatable bonds is 8. The van der Waals surface area contributed by atoms with E-state index in [1.54, 1.807) is 11.9 Å². The van der Waals surface area contributed by atoms with Gasteiger partial charge in [0.2, 0.25) is 11.7 Å². The summed E-state index contributed by atoms with van der Waals surface area (Å²) in [5.74, 6) is 0.823. The predicted molar refractivity (Wildman–Crippen MR) is 130 cm³/mol. The Morgan fingerprint density at radius 3 is 2.37 bits per heavy atom. The highest BCUT2D eigenvalue weighted by Crippen LogP contribution is 2.41. The molecule has 3 fully saturated rings. The number of methoxy groups -OCH3 is 3. The molecule has 0 saturated carbocycles. The summed E-state index contributed by atoms with van der Waals surface area (Å²) in [5.41, 5.74) is 0.282. The number of piperidine rings is 2. The summed E-state index contributed by atoms with van der Waals surface area (Å²) in [5, 5.41) is 2.66. The van der Waals surface area contributed by atoms with Crippen LogP contribution >= 0.6 is 0 Å². The number of fused-ring (bicyclic) bond motifs is 1. The lowest BCUT2D eigenvalue weighted by Gasteiger charge is -2.45. The van der Waals surface area contributed by atoms with Crippen LogP contribution in [-0.2, 0) is 9.59 Å². The van der Waals surface area contributed by atoms with E-state index in [1.807, 2.05) is 0 Å². The number of hydrogen-bond donors (Lipinski definition) is 1. The summed E-state index contributed by atoms with van der Waals surface area (Å²) in [6.45, 7) is 2.97. The van der Waals surface area contributed by atoms with E-state index in [1.165, 1.54) is 52.7 Å². The minimum absolute atomic E-state index is 0.0803. The Morgan fingerprint density at radius 1 is 1.03 bits per heavy atom. The van der Waals surface area contributed by atoms with E-state index in [0.29, 0.717) is 35.8 Å². The molecular weight excluding hydrogens is 452 g/mol. The number of nitrogens with zero attached hydrogens (tertiary/aromatic N) is 3. The third kappa shape index (κ3) is 5.03. The molecule has 3 saturated heterocycles. The maximum absolute atomic E-state index is 13.2. The fourth-order valence-electron chi connectivity index (χ4n) is 5.68. The standard InChI is InChI=1S/C25H36N4O6/c1-27(15-16-8-7-11-28-10-6-5-9-19(16)28)22(30)14-18-24(31)29(25(32)26-18)17-12-20(33-2)23(35-4)21(13-17)34-3/h12-13,16,18-19H,5-11,14-15H2,1-4H3,(H,26,32)/t16-,18-,19-/m1/s1. The number of urea groups is 1. The van der Waals surface area contributed by atoms with Crippen LogP contribution in [0, 0.1) is 5.92 Å². The maximum atomic E-state index is 13.2. The van der Waals surface area contributed by atoms with Crippen LogP contribution in [0.5, 0.6) is 17.2 Å². The van der Waals surface area contributed by atoms with Crippen molar-refractivity contribution < 1.29 is 28.6 Å². The molecule has 4 amide bonds. The van der Waals surface area contributed by atoms with Crippen LogP contribution in [0.1, 0.15) is 38.5 Å². The van der Waals surface area contributed by atoms with E-state index >= 15 is 0 Å². The quantitative estimate of drug-likeness (QED) is 0.560. The number of benzene rings is 1. The van der Waals surface area contributed by atoms with Crippen LogP contribution < -0.4 is 24.4 Å². The van der Waals surface area contributed by atoms with Gasteiger partial charge in [0.1, 0.15) is 6.04 Å². The van der Waals surface area contributed by atoms with Crippen LogP contribution in [0.2, 0.25) is 0 Å². The topological polar surface area (TPSA) is 101 Å². The summed E-state index contributed by atoms with van der Waals surface area (Å²) < 4.78 is 16.0. The highest BCUT2D eigenvalue weighted by Gasteiger charge is 2.42. The van der Waals surface area contributed by atoms with E-state index in [-0.39, 0.29) is 18.0 Å². The molecule has 3 atom stereocenters. The Hall–Kier alpha value is -3.01. The van der Waals surface area contributed by atoms with E-state index in [2.05, 4.69) is 10.2 Å². The zero-order valence-electron chi connectivity index (χ0n) is 21.0. The Bertz CT molecular complexity index is 942. The molecule has 10 heteroatoms. The SMILES string of the molecule is COc1cc(N2C(=O)N[C@H](CC(=O)N(C)C[C@H]3CCCN4CCCC[C@H]34)C2=O)cc(OC)c1OC. The molecule has 3 aliphatic heterocycles. The second-order valence-electron chi connectivity index (χ2n) is 9.54. The van der Waals surface area contributed by atoms with Gasteiger partial charge in [-0.3, -0.25) is 9.59 Å². The number of amides is 4. The van der Waals surface area contributed by atoms with Crippen molar-refractivity contribution in [3.8, 4) is 17.2 Å². The second-order valence-corrected chi connectivity index (χ2v) is 9.54. The highest BCUT2D eigenvalue weighted by atomic mass is 16.5. The van der Waals surface area contributed by atoms with E-state index in [4.69, 9.17) is 14.2 Å². The van der Waals surface area contributed by atoms with Crippen LogP contribution in [0.25, 0.3) is 0 Å². The third-order valence-electron chi connectivity index (χ3n) is 7.47. The molecule has 3 aliphatic rings. The molecule has 1 aromatic carbocycles. The summed E-state index contributed by atoms with van der Waals surface area (Å²) in [6, 6.07) is 2.10. The first-order valence-corrected chi connectivity index (χ1v) is 12.3. The lowest BCUT2D eigenvalue weighted by molar-refractivity contribution is -0.133. The van der Waals surface area contributed by atoms with Gasteiger partial charge in [-0.2, -0.15) is 0 Å². The number of carbonyl (C=O) groups excluding carboxylic acids is 3. The van der Waals surface area contributed by atoms with Gasteiger partial charge in [-0.05, 0) is 44.7 Å². The van der Waals surface area contributed by atoms with Crippen molar-refractivity contribution in [1.29, 1.82) is 0 Å². The first-order chi connectivity index (χ1) is 16.9. The zero-order chi connectivity index (χ0) is 25.1. The molecule has 10 nitrogen and oxygen atoms in total. The van der Waals surface area contributed by atoms with E-state index < -0.39 is 18.0 Å². The fourth-order valence-corrected chi connectivity index (χ4v) is 5.68. The van der Waals surface area contributed by atoms with Gasteiger partial charge in [-0.1, -0.05) is 6.42 Å². The second kappa shape index (κ2) is 10.7. The zero-order valence-corrected chi connectivity index (χ0v) is 21.0. The molecule has 0 spiro atoms. The van der Waals surface area contributed by atoms with Gasteiger partial charge in [-0.25, -0.2) is 9.69 Å². The molecule has 0 unspecified atom stereocenters. The van der Waals surface area contributed by atoms with Crippen molar-refractivity contribution in [2.45, 2.75) is 50.6 Å². The number of imide groups is 1. The van der Waals surface area contributed by atoms with Crippen LogP contribution in [0.4, 0.5) is 10.5 Å². The normalized spacial score (nSPS) is 24.6. The maximum Gasteiger partial charge on any atom is 0.329 e. The molecule has 0 radical (unpaired) electrons. The molecule has 1 aromatic rings. The molecule has 1 N–H and O–H groups in total. The highest BCUT2D eigenvalue weighted by molar-refractivity contribution is 6.22. The minimum atomic E-state index is -0.922. The first-order valence-electron chi connectivity index (χ1n) is 12.3. The smallest absolute Gasteiger partial charge is 0.329 e. The number of carbonyl (C=O) groups is 3. The lowest BCUT2D eigenvalue weighted by Crippen LogP contribution is -2.51. The minimum Gasteiger partial charge on any atom is -0.493 e. The molecule has 0 aromatic heterocycles. The van der Waals surface area contributed by atoms with Gasteiger partial charge in [0, 0.05) is 31.8 Å². The van der Waals surface area contributed by atoms with Gasteiger partial charge in [0.15, 0.2) is 11.5 Å². The third-order valence-corrected chi connectivity index (χ3v) is 7.47. The van der Waals surface area contributed by atoms with Gasteiger partial charge < -0.3 is 29.3 Å². The van der Waals surface area contributed by atoms with E-state index in [0.717, 1.165) is 30.8 Å². The number of hydrogen-bond acceptors (Lipinski definition) is 7. The number of ether oxygens (including phenoxy) is 3. The summed E-state index contributed by atoms with van der Waals surface area (Å²) in [4.78, 5) is 44.2. The molecule has 0 aliphatic carbocycles. The van der Waals surface area contributed by atoms with Crippen LogP contribution in [0.3, 0.4) is 0 Å². The molecular formula is C25H36N4O6. The van der Waals surface area contributed by atoms with Crippen molar-refractivity contribution in [3.63, 3.8) is 0 Å². The van der Waals surface area contributed by atoms with Gasteiger partial charge in [-0.15, -0.1) is 0 Å². The Balaban J connectivity index is 1.42. The molecule has 192 valence electrons. The average molecular weight is 489 g/mol. The van der Waals surface area contributed by atoms with Gasteiger partial charge in [0.05, 0.1) is 33.4 Å². The lowest BCUT2D eigenvalue weighted by atomic mass is 9.83. The molecule has 0 bridgehead atoms. The average Bonchev–Trinajstić information content (AvgIpc) is 3.15. The Labute approximate surface area is 206 Å². The monoisotopic (exact) mass is 488 g/mol. The van der Waals surface area contributed by atoms with E-state index in [9.17, 15) is 14.4 Å². The largest absolute Gasteiger partial charge is 0.493 e. The Kier molecular flexibility index (Phi) is 7.69. The van der Waals surface area contributed by atoms with Crippen molar-refractivity contribution in [2.24, 2.45) is 5.92 Å². The molecule has 4 rings (SSSR count). The van der Waals surface area contributed by atoms with Crippen LogP contribution in [-0.4, -0.2) is 87.7 Å². The molecule has 3 heterocycles. The molecule has 35 heavy (non-hydrogen) atoms. The summed E-state index contributed by atoms with van der Waals surface area (Å²) in [7, 11) is 6.19.